The molecule has 1 aromatic carbocycles. The molecule has 20 heavy (non-hydrogen) atoms. The van der Waals surface area contributed by atoms with Gasteiger partial charge in [-0.1, -0.05) is 6.92 Å². The predicted octanol–water partition coefficient (Wildman–Crippen LogP) is 4.46. The van der Waals surface area contributed by atoms with Crippen LogP contribution in [-0.2, 0) is 0 Å². The molecule has 0 radical (unpaired) electrons. The van der Waals surface area contributed by atoms with E-state index in [4.69, 9.17) is 0 Å². The molecule has 1 aromatic heterocycles. The Morgan fingerprint density at radius 2 is 2.10 bits per heavy atom. The fourth-order valence-electron chi connectivity index (χ4n) is 2.04. The monoisotopic (exact) mass is 296 g/mol. The van der Waals surface area contributed by atoms with E-state index in [2.05, 4.69) is 24.1 Å². The zero-order valence-electron chi connectivity index (χ0n) is 11.8. The van der Waals surface area contributed by atoms with Crippen LogP contribution in [0.2, 0.25) is 0 Å². The van der Waals surface area contributed by atoms with Crippen molar-refractivity contribution in [2.45, 2.75) is 33.2 Å². The van der Waals surface area contributed by atoms with Crippen molar-refractivity contribution in [2.24, 2.45) is 0 Å². The lowest BCUT2D eigenvalue weighted by Crippen LogP contribution is -2.18. The zero-order valence-corrected chi connectivity index (χ0v) is 12.7. The van der Waals surface area contributed by atoms with Crippen LogP contribution in [0.15, 0.2) is 18.2 Å². The van der Waals surface area contributed by atoms with Crippen molar-refractivity contribution >= 4 is 11.3 Å². The van der Waals surface area contributed by atoms with Gasteiger partial charge in [-0.2, -0.15) is 0 Å². The summed E-state index contributed by atoms with van der Waals surface area (Å²) >= 11 is 1.41. The van der Waals surface area contributed by atoms with E-state index in [0.717, 1.165) is 35.7 Å². The lowest BCUT2D eigenvalue weighted by Gasteiger charge is -2.11. The van der Waals surface area contributed by atoms with E-state index in [0.29, 0.717) is 5.01 Å². The minimum Gasteiger partial charge on any atom is -0.309 e. The molecule has 0 amide bonds. The van der Waals surface area contributed by atoms with Crippen molar-refractivity contribution in [2.75, 3.05) is 6.54 Å². The lowest BCUT2D eigenvalue weighted by atomic mass is 10.2. The van der Waals surface area contributed by atoms with Crippen molar-refractivity contribution < 1.29 is 8.78 Å². The van der Waals surface area contributed by atoms with Crippen LogP contribution >= 0.6 is 11.3 Å². The molecule has 108 valence electrons. The van der Waals surface area contributed by atoms with Crippen molar-refractivity contribution in [3.05, 3.63) is 40.4 Å². The molecule has 0 bridgehead atoms. The topological polar surface area (TPSA) is 24.9 Å². The number of thiazole rings is 1. The summed E-state index contributed by atoms with van der Waals surface area (Å²) in [5.74, 6) is -0.895. The third-order valence-electron chi connectivity index (χ3n) is 3.09. The third-order valence-corrected chi connectivity index (χ3v) is 4.46. The molecule has 0 fully saturated rings. The molecule has 0 spiro atoms. The summed E-state index contributed by atoms with van der Waals surface area (Å²) in [6, 6.07) is 3.62. The summed E-state index contributed by atoms with van der Waals surface area (Å²) in [7, 11) is 0. The molecule has 2 aromatic rings. The van der Waals surface area contributed by atoms with Gasteiger partial charge >= 0.3 is 0 Å². The van der Waals surface area contributed by atoms with E-state index in [9.17, 15) is 8.78 Å². The summed E-state index contributed by atoms with van der Waals surface area (Å²) in [5.41, 5.74) is 1.09. The van der Waals surface area contributed by atoms with E-state index >= 15 is 0 Å². The second kappa shape index (κ2) is 6.41. The minimum atomic E-state index is -0.451. The van der Waals surface area contributed by atoms with Crippen LogP contribution < -0.4 is 5.32 Å². The fraction of sp³-hybridized carbons (Fsp3) is 0.400. The maximum atomic E-state index is 13.8. The van der Waals surface area contributed by atoms with Gasteiger partial charge in [-0.25, -0.2) is 13.8 Å². The smallest absolute Gasteiger partial charge is 0.133 e. The van der Waals surface area contributed by atoms with Gasteiger partial charge in [0.05, 0.1) is 5.69 Å². The number of aryl methyl sites for hydroxylation is 1. The summed E-state index contributed by atoms with van der Waals surface area (Å²) < 4.78 is 27.0. The normalized spacial score (nSPS) is 12.7. The number of aromatic nitrogens is 1. The Hall–Kier alpha value is -1.33. The number of halogens is 2. The van der Waals surface area contributed by atoms with Gasteiger partial charge in [0.2, 0.25) is 0 Å². The quantitative estimate of drug-likeness (QED) is 0.881. The molecular formula is C15H18F2N2S. The highest BCUT2D eigenvalue weighted by molar-refractivity contribution is 7.15. The van der Waals surface area contributed by atoms with Crippen molar-refractivity contribution in [3.63, 3.8) is 0 Å². The van der Waals surface area contributed by atoms with Gasteiger partial charge in [0.25, 0.3) is 0 Å². The minimum absolute atomic E-state index is 0.165. The number of rotatable bonds is 5. The van der Waals surface area contributed by atoms with E-state index < -0.39 is 11.6 Å². The molecule has 0 aliphatic carbocycles. The first-order valence-corrected chi connectivity index (χ1v) is 7.50. The van der Waals surface area contributed by atoms with Crippen LogP contribution in [-0.4, -0.2) is 11.5 Å². The number of benzene rings is 1. The SMILES string of the molecule is CCCNC(C)c1sc(-c2cc(F)ccc2F)nc1C. The highest BCUT2D eigenvalue weighted by Crippen LogP contribution is 2.33. The average Bonchev–Trinajstić information content (AvgIpc) is 2.80. The molecule has 2 nitrogen and oxygen atoms in total. The van der Waals surface area contributed by atoms with Gasteiger partial charge < -0.3 is 5.32 Å². The summed E-state index contributed by atoms with van der Waals surface area (Å²) in [5, 5.41) is 3.91. The van der Waals surface area contributed by atoms with Gasteiger partial charge in [-0.05, 0) is 45.0 Å². The molecule has 1 heterocycles. The Balaban J connectivity index is 2.33. The molecule has 2 rings (SSSR count). The number of nitrogens with zero attached hydrogens (tertiary/aromatic N) is 1. The van der Waals surface area contributed by atoms with Crippen LogP contribution in [0.1, 0.15) is 36.9 Å². The second-order valence-electron chi connectivity index (χ2n) is 4.77. The average molecular weight is 296 g/mol. The van der Waals surface area contributed by atoms with Crippen LogP contribution in [0.25, 0.3) is 10.6 Å². The Bertz CT molecular complexity index is 596. The van der Waals surface area contributed by atoms with Crippen LogP contribution in [0.5, 0.6) is 0 Å². The summed E-state index contributed by atoms with van der Waals surface area (Å²) in [4.78, 5) is 5.45. The standard InChI is InChI=1S/C15H18F2N2S/c1-4-7-18-9(2)14-10(3)19-15(20-14)12-8-11(16)5-6-13(12)17/h5-6,8-9,18H,4,7H2,1-3H3. The van der Waals surface area contributed by atoms with Crippen LogP contribution in [0.4, 0.5) is 8.78 Å². The largest absolute Gasteiger partial charge is 0.309 e. The molecule has 0 aliphatic heterocycles. The van der Waals surface area contributed by atoms with E-state index in [1.54, 1.807) is 0 Å². The first-order valence-electron chi connectivity index (χ1n) is 6.69. The van der Waals surface area contributed by atoms with Gasteiger partial charge in [0, 0.05) is 16.5 Å². The lowest BCUT2D eigenvalue weighted by molar-refractivity contribution is 0.575. The maximum absolute atomic E-state index is 13.8. The van der Waals surface area contributed by atoms with Gasteiger partial charge in [0.1, 0.15) is 16.6 Å². The summed E-state index contributed by atoms with van der Waals surface area (Å²) in [6.07, 6.45) is 1.05. The third kappa shape index (κ3) is 3.22. The molecule has 1 unspecified atom stereocenters. The highest BCUT2D eigenvalue weighted by atomic mass is 32.1. The first kappa shape index (κ1) is 15.1. The number of hydrogen-bond donors (Lipinski definition) is 1. The molecule has 1 N–H and O–H groups in total. The predicted molar refractivity (Wildman–Crippen MR) is 78.9 cm³/mol. The van der Waals surface area contributed by atoms with Crippen molar-refractivity contribution in [1.82, 2.24) is 10.3 Å². The van der Waals surface area contributed by atoms with Crippen LogP contribution in [0, 0.1) is 18.6 Å². The van der Waals surface area contributed by atoms with Crippen LogP contribution in [0.3, 0.4) is 0 Å². The van der Waals surface area contributed by atoms with Crippen molar-refractivity contribution in [3.8, 4) is 10.6 Å². The van der Waals surface area contributed by atoms with E-state index in [1.165, 1.54) is 17.4 Å². The Morgan fingerprint density at radius 3 is 2.80 bits per heavy atom. The number of nitrogens with one attached hydrogen (secondary N) is 1. The highest BCUT2D eigenvalue weighted by Gasteiger charge is 2.17. The fourth-order valence-corrected chi connectivity index (χ4v) is 3.15. The molecule has 0 aliphatic rings. The molecular weight excluding hydrogens is 278 g/mol. The van der Waals surface area contributed by atoms with Gasteiger partial charge in [0.15, 0.2) is 0 Å². The number of hydrogen-bond acceptors (Lipinski definition) is 3. The molecule has 5 heteroatoms. The van der Waals surface area contributed by atoms with E-state index in [-0.39, 0.29) is 11.6 Å². The molecule has 1 atom stereocenters. The van der Waals surface area contributed by atoms with Gasteiger partial charge in [-0.3, -0.25) is 0 Å². The van der Waals surface area contributed by atoms with Gasteiger partial charge in [-0.15, -0.1) is 11.3 Å². The molecule has 0 saturated carbocycles. The maximum Gasteiger partial charge on any atom is 0.133 e. The van der Waals surface area contributed by atoms with Crippen molar-refractivity contribution in [1.29, 1.82) is 0 Å². The first-order chi connectivity index (χ1) is 9.52. The Kier molecular flexibility index (Phi) is 4.83. The molecule has 0 saturated heterocycles. The summed E-state index contributed by atoms with van der Waals surface area (Å²) in [6.45, 7) is 6.98. The van der Waals surface area contributed by atoms with E-state index in [1.807, 2.05) is 6.92 Å². The Morgan fingerprint density at radius 1 is 1.35 bits per heavy atom. The Labute approximate surface area is 121 Å². The second-order valence-corrected chi connectivity index (χ2v) is 5.80. The zero-order chi connectivity index (χ0) is 14.7.